The predicted octanol–water partition coefficient (Wildman–Crippen LogP) is 2.18. The van der Waals surface area contributed by atoms with E-state index in [-0.39, 0.29) is 24.1 Å². The van der Waals surface area contributed by atoms with Gasteiger partial charge in [-0.15, -0.1) is 11.3 Å². The monoisotopic (exact) mass is 475 g/mol. The third kappa shape index (κ3) is 4.84. The van der Waals surface area contributed by atoms with E-state index < -0.39 is 10.0 Å². The van der Waals surface area contributed by atoms with Crippen LogP contribution < -0.4 is 11.0 Å². The van der Waals surface area contributed by atoms with Gasteiger partial charge in [0.05, 0.1) is 6.26 Å². The maximum absolute atomic E-state index is 13.2. The fourth-order valence-electron chi connectivity index (χ4n) is 3.90. The van der Waals surface area contributed by atoms with E-state index in [9.17, 15) is 18.0 Å². The van der Waals surface area contributed by atoms with Crippen molar-refractivity contribution in [1.29, 1.82) is 0 Å². The lowest BCUT2D eigenvalue weighted by Crippen LogP contribution is -2.37. The molecule has 1 fully saturated rings. The molecule has 3 heterocycles. The fourth-order valence-corrected chi connectivity index (χ4v) is 5.51. The zero-order chi connectivity index (χ0) is 22.9. The summed E-state index contributed by atoms with van der Waals surface area (Å²) < 4.78 is 27.9. The molecule has 1 aliphatic rings. The smallest absolute Gasteiger partial charge is 0.324 e. The number of thiophene rings is 1. The molecule has 3 aromatic rings. The molecule has 0 radical (unpaired) electrons. The summed E-state index contributed by atoms with van der Waals surface area (Å²) in [7, 11) is -3.25. The Kier molecular flexibility index (Phi) is 6.31. The van der Waals surface area contributed by atoms with Crippen LogP contribution in [0.5, 0.6) is 0 Å². The van der Waals surface area contributed by atoms with Gasteiger partial charge in [-0.25, -0.2) is 26.8 Å². The molecule has 0 atom stereocenters. The van der Waals surface area contributed by atoms with Crippen LogP contribution in [0.2, 0.25) is 0 Å². The van der Waals surface area contributed by atoms with E-state index in [1.165, 1.54) is 26.6 Å². The van der Waals surface area contributed by atoms with Crippen molar-refractivity contribution in [2.75, 3.05) is 24.7 Å². The number of aryl methyl sites for hydroxylation is 1. The van der Waals surface area contributed by atoms with Crippen LogP contribution in [0.25, 0.3) is 5.00 Å². The molecule has 1 saturated heterocycles. The van der Waals surface area contributed by atoms with Crippen LogP contribution in [0, 0.1) is 6.92 Å². The summed E-state index contributed by atoms with van der Waals surface area (Å²) in [6.07, 6.45) is 2.32. The molecule has 1 N–H and O–H groups in total. The second-order valence-corrected chi connectivity index (χ2v) is 10.8. The Morgan fingerprint density at radius 3 is 2.59 bits per heavy atom. The summed E-state index contributed by atoms with van der Waals surface area (Å²) in [6, 6.07) is 11.1. The molecule has 170 valence electrons. The average Bonchev–Trinajstić information content (AvgIpc) is 3.36. The molecule has 9 nitrogen and oxygen atoms in total. The van der Waals surface area contributed by atoms with Crippen molar-refractivity contribution in [3.63, 3.8) is 0 Å². The number of amides is 1. The van der Waals surface area contributed by atoms with Crippen LogP contribution in [-0.4, -0.2) is 52.3 Å². The van der Waals surface area contributed by atoms with Crippen LogP contribution in [0.4, 0.5) is 5.69 Å². The fraction of sp³-hybridized carbons (Fsp3) is 0.381. The largest absolute Gasteiger partial charge is 0.351 e. The predicted molar refractivity (Wildman–Crippen MR) is 124 cm³/mol. The molecule has 0 unspecified atom stereocenters. The Labute approximate surface area is 190 Å². The maximum atomic E-state index is 13.2. The van der Waals surface area contributed by atoms with E-state index >= 15 is 0 Å². The quantitative estimate of drug-likeness (QED) is 0.588. The van der Waals surface area contributed by atoms with Crippen molar-refractivity contribution < 1.29 is 13.2 Å². The van der Waals surface area contributed by atoms with Gasteiger partial charge in [-0.2, -0.15) is 5.10 Å². The lowest BCUT2D eigenvalue weighted by atomic mass is 9.97. The van der Waals surface area contributed by atoms with E-state index in [1.807, 2.05) is 42.6 Å². The van der Waals surface area contributed by atoms with Crippen molar-refractivity contribution in [2.45, 2.75) is 32.2 Å². The Hall–Kier alpha value is -2.76. The van der Waals surface area contributed by atoms with Gasteiger partial charge in [0.2, 0.25) is 15.9 Å². The number of nitrogens with zero attached hydrogens (tertiary/aromatic N) is 4. The highest BCUT2D eigenvalue weighted by molar-refractivity contribution is 7.88. The number of nitrogens with one attached hydrogen (secondary N) is 1. The molecule has 0 spiro atoms. The standard InChI is InChI=1S/C21H25N5O4S2/c1-15-5-3-6-17(13-15)22-18(27)14-25-21(28)26(19-7-4-12-31-19)20(23-25)16-8-10-24(11-9-16)32(2,29)30/h3-7,12-13,16H,8-11,14H2,1-2H3,(H,22,27). The molecule has 1 amide bonds. The lowest BCUT2D eigenvalue weighted by molar-refractivity contribution is -0.117. The number of hydrogen-bond acceptors (Lipinski definition) is 6. The number of aromatic nitrogens is 3. The number of carbonyl (C=O) groups excluding carboxylic acids is 1. The molecule has 2 aromatic heterocycles. The summed E-state index contributed by atoms with van der Waals surface area (Å²) in [5.74, 6) is 0.143. The Morgan fingerprint density at radius 2 is 1.97 bits per heavy atom. The third-order valence-electron chi connectivity index (χ3n) is 5.47. The van der Waals surface area contributed by atoms with Gasteiger partial charge in [0.1, 0.15) is 17.4 Å². The van der Waals surface area contributed by atoms with Crippen molar-refractivity contribution in [1.82, 2.24) is 18.7 Å². The molecular weight excluding hydrogens is 450 g/mol. The molecule has 0 bridgehead atoms. The normalized spacial score (nSPS) is 15.7. The Bertz CT molecular complexity index is 1270. The number of anilines is 1. The summed E-state index contributed by atoms with van der Waals surface area (Å²) in [4.78, 5) is 25.8. The number of hydrogen-bond donors (Lipinski definition) is 1. The van der Waals surface area contributed by atoms with Crippen LogP contribution in [0.15, 0.2) is 46.6 Å². The van der Waals surface area contributed by atoms with Gasteiger partial charge in [0.15, 0.2) is 0 Å². The van der Waals surface area contributed by atoms with Crippen LogP contribution in [-0.2, 0) is 21.4 Å². The Balaban J connectivity index is 1.59. The van der Waals surface area contributed by atoms with Gasteiger partial charge in [-0.3, -0.25) is 4.79 Å². The number of piperidine rings is 1. The first-order valence-corrected chi connectivity index (χ1v) is 13.0. The minimum atomic E-state index is -3.25. The van der Waals surface area contributed by atoms with Gasteiger partial charge in [-0.1, -0.05) is 12.1 Å². The van der Waals surface area contributed by atoms with Gasteiger partial charge in [-0.05, 0) is 55.0 Å². The first-order chi connectivity index (χ1) is 15.2. The molecule has 0 saturated carbocycles. The minimum Gasteiger partial charge on any atom is -0.324 e. The molecular formula is C21H25N5O4S2. The number of rotatable bonds is 6. The van der Waals surface area contributed by atoms with E-state index in [0.717, 1.165) is 10.6 Å². The van der Waals surface area contributed by atoms with E-state index in [2.05, 4.69) is 10.4 Å². The van der Waals surface area contributed by atoms with Crippen molar-refractivity contribution >= 4 is 33.0 Å². The first-order valence-electron chi connectivity index (χ1n) is 10.3. The Morgan fingerprint density at radius 1 is 1.22 bits per heavy atom. The van der Waals surface area contributed by atoms with Crippen LogP contribution in [0.3, 0.4) is 0 Å². The van der Waals surface area contributed by atoms with Gasteiger partial charge in [0.25, 0.3) is 0 Å². The zero-order valence-electron chi connectivity index (χ0n) is 17.9. The molecule has 11 heteroatoms. The van der Waals surface area contributed by atoms with Crippen LogP contribution >= 0.6 is 11.3 Å². The molecule has 0 aliphatic carbocycles. The number of benzene rings is 1. The highest BCUT2D eigenvalue weighted by Gasteiger charge is 2.30. The summed E-state index contributed by atoms with van der Waals surface area (Å²) in [5.41, 5.74) is 1.30. The minimum absolute atomic E-state index is 0.0797. The second-order valence-electron chi connectivity index (χ2n) is 7.94. The molecule has 1 aromatic carbocycles. The van der Waals surface area contributed by atoms with Gasteiger partial charge < -0.3 is 5.32 Å². The maximum Gasteiger partial charge on any atom is 0.351 e. The summed E-state index contributed by atoms with van der Waals surface area (Å²) in [5, 5.41) is 9.92. The van der Waals surface area contributed by atoms with E-state index in [4.69, 9.17) is 0 Å². The zero-order valence-corrected chi connectivity index (χ0v) is 19.5. The summed E-state index contributed by atoms with van der Waals surface area (Å²) in [6.45, 7) is 2.48. The van der Waals surface area contributed by atoms with Gasteiger partial charge in [0, 0.05) is 24.7 Å². The van der Waals surface area contributed by atoms with E-state index in [0.29, 0.717) is 37.4 Å². The van der Waals surface area contributed by atoms with Crippen molar-refractivity contribution in [2.24, 2.45) is 0 Å². The SMILES string of the molecule is Cc1cccc(NC(=O)Cn2nc(C3CCN(S(C)(=O)=O)CC3)n(-c3cccs3)c2=O)c1. The molecule has 4 rings (SSSR count). The van der Waals surface area contributed by atoms with Crippen molar-refractivity contribution in [3.8, 4) is 5.00 Å². The van der Waals surface area contributed by atoms with Crippen molar-refractivity contribution in [3.05, 3.63) is 63.7 Å². The average molecular weight is 476 g/mol. The van der Waals surface area contributed by atoms with Crippen LogP contribution in [0.1, 0.15) is 30.1 Å². The van der Waals surface area contributed by atoms with Gasteiger partial charge >= 0.3 is 5.69 Å². The highest BCUT2D eigenvalue weighted by Crippen LogP contribution is 2.29. The third-order valence-corrected chi connectivity index (χ3v) is 7.63. The second kappa shape index (κ2) is 9.00. The topological polar surface area (TPSA) is 106 Å². The molecule has 32 heavy (non-hydrogen) atoms. The number of carbonyl (C=O) groups is 1. The molecule has 1 aliphatic heterocycles. The first kappa shape index (κ1) is 22.4. The van der Waals surface area contributed by atoms with E-state index in [1.54, 1.807) is 10.6 Å². The summed E-state index contributed by atoms with van der Waals surface area (Å²) >= 11 is 1.41. The number of sulfonamides is 1. The lowest BCUT2D eigenvalue weighted by Gasteiger charge is -2.29. The highest BCUT2D eigenvalue weighted by atomic mass is 32.2.